The zero-order valence-electron chi connectivity index (χ0n) is 13.9. The van der Waals surface area contributed by atoms with Gasteiger partial charge in [0.15, 0.2) is 9.84 Å². The van der Waals surface area contributed by atoms with Gasteiger partial charge in [-0.3, -0.25) is 4.79 Å². The van der Waals surface area contributed by atoms with E-state index < -0.39 is 15.7 Å². The summed E-state index contributed by atoms with van der Waals surface area (Å²) in [5.41, 5.74) is 0.779. The number of methoxy groups -OCH3 is 1. The van der Waals surface area contributed by atoms with E-state index in [1.165, 1.54) is 19.4 Å². The molecule has 2 heterocycles. The lowest BCUT2D eigenvalue weighted by Gasteiger charge is -2.11. The Morgan fingerprint density at radius 3 is 2.81 bits per heavy atom. The van der Waals surface area contributed by atoms with Gasteiger partial charge in [-0.15, -0.1) is 0 Å². The van der Waals surface area contributed by atoms with Gasteiger partial charge in [-0.2, -0.15) is 0 Å². The monoisotopic (exact) mass is 396 g/mol. The number of ether oxygens (including phenoxy) is 1. The summed E-state index contributed by atoms with van der Waals surface area (Å²) in [4.78, 5) is 20.5. The van der Waals surface area contributed by atoms with E-state index in [9.17, 15) is 13.2 Å². The molecule has 1 fully saturated rings. The van der Waals surface area contributed by atoms with Crippen molar-refractivity contribution in [1.29, 1.82) is 0 Å². The number of nitrogens with one attached hydrogen (secondary N) is 2. The molecule has 0 spiro atoms. The molecule has 138 valence electrons. The normalized spacial score (nSPS) is 18.3. The fourth-order valence-electron chi connectivity index (χ4n) is 2.59. The van der Waals surface area contributed by atoms with Gasteiger partial charge in [-0.1, -0.05) is 11.6 Å². The third kappa shape index (κ3) is 4.41. The Bertz CT molecular complexity index is 936. The minimum Gasteiger partial charge on any atom is -0.495 e. The Morgan fingerprint density at radius 1 is 1.35 bits per heavy atom. The van der Waals surface area contributed by atoms with Crippen LogP contribution in [-0.4, -0.2) is 49.0 Å². The highest BCUT2D eigenvalue weighted by Crippen LogP contribution is 2.28. The van der Waals surface area contributed by atoms with Gasteiger partial charge in [-0.25, -0.2) is 18.4 Å². The Kier molecular flexibility index (Phi) is 5.28. The van der Waals surface area contributed by atoms with Gasteiger partial charge in [0.2, 0.25) is 5.95 Å². The molecule has 2 aromatic rings. The maximum Gasteiger partial charge on any atom is 0.270 e. The van der Waals surface area contributed by atoms with Crippen LogP contribution >= 0.6 is 11.6 Å². The van der Waals surface area contributed by atoms with E-state index in [4.69, 9.17) is 16.3 Å². The molecule has 10 heteroatoms. The molecule has 2 N–H and O–H groups in total. The molecule has 1 unspecified atom stereocenters. The fraction of sp³-hybridized carbons (Fsp3) is 0.312. The van der Waals surface area contributed by atoms with Crippen LogP contribution in [0.15, 0.2) is 30.5 Å². The number of carbonyl (C=O) groups excluding carboxylic acids is 1. The molecule has 0 aliphatic carbocycles. The first-order valence-electron chi connectivity index (χ1n) is 7.81. The smallest absolute Gasteiger partial charge is 0.270 e. The number of carbonyl (C=O) groups is 1. The lowest BCUT2D eigenvalue weighted by Crippen LogP contribution is -2.36. The summed E-state index contributed by atoms with van der Waals surface area (Å²) in [6.07, 6.45) is 1.86. The molecule has 0 bridgehead atoms. The highest BCUT2D eigenvalue weighted by atomic mass is 35.5. The van der Waals surface area contributed by atoms with E-state index in [1.807, 2.05) is 0 Å². The summed E-state index contributed by atoms with van der Waals surface area (Å²) in [6.45, 7) is 0. The molecule has 26 heavy (non-hydrogen) atoms. The predicted molar refractivity (Wildman–Crippen MR) is 97.8 cm³/mol. The molecule has 1 saturated heterocycles. The van der Waals surface area contributed by atoms with Gasteiger partial charge in [0, 0.05) is 17.9 Å². The summed E-state index contributed by atoms with van der Waals surface area (Å²) in [6, 6.07) is 6.16. The third-order valence-corrected chi connectivity index (χ3v) is 5.93. The number of nitrogens with zero attached hydrogens (tertiary/aromatic N) is 2. The Hall–Kier alpha value is -2.39. The number of aromatic nitrogens is 2. The first kappa shape index (κ1) is 18.4. The summed E-state index contributed by atoms with van der Waals surface area (Å²) in [5.74, 6) is 0.368. The minimum atomic E-state index is -3.06. The molecule has 1 atom stereocenters. The zero-order chi connectivity index (χ0) is 18.7. The number of hydrogen-bond acceptors (Lipinski definition) is 7. The zero-order valence-corrected chi connectivity index (χ0v) is 15.5. The summed E-state index contributed by atoms with van der Waals surface area (Å²) >= 11 is 6.08. The van der Waals surface area contributed by atoms with E-state index in [2.05, 4.69) is 20.6 Å². The van der Waals surface area contributed by atoms with Crippen LogP contribution in [0.3, 0.4) is 0 Å². The standard InChI is InChI=1S/C16H17ClN4O4S/c1-25-14-3-2-10(8-12(14)17)20-16-18-6-4-13(21-16)15(22)19-11-5-7-26(23,24)9-11/h2-4,6,8,11H,5,7,9H2,1H3,(H,19,22)(H,18,20,21). The average molecular weight is 397 g/mol. The molecule has 0 saturated carbocycles. The van der Waals surface area contributed by atoms with Crippen LogP contribution in [0.5, 0.6) is 5.75 Å². The predicted octanol–water partition coefficient (Wildman–Crippen LogP) is 1.80. The second kappa shape index (κ2) is 7.46. The lowest BCUT2D eigenvalue weighted by molar-refractivity contribution is 0.0936. The average Bonchev–Trinajstić information content (AvgIpc) is 2.94. The molecule has 1 aliphatic heterocycles. The van der Waals surface area contributed by atoms with Gasteiger partial charge in [-0.05, 0) is 30.7 Å². The van der Waals surface area contributed by atoms with E-state index in [0.717, 1.165) is 0 Å². The van der Waals surface area contributed by atoms with Crippen molar-refractivity contribution in [2.75, 3.05) is 23.9 Å². The van der Waals surface area contributed by atoms with Crippen molar-refractivity contribution in [2.45, 2.75) is 12.5 Å². The summed E-state index contributed by atoms with van der Waals surface area (Å²) in [7, 11) is -1.54. The van der Waals surface area contributed by atoms with Crippen LogP contribution in [0, 0.1) is 0 Å². The van der Waals surface area contributed by atoms with Crippen molar-refractivity contribution in [3.05, 3.63) is 41.2 Å². The number of amides is 1. The van der Waals surface area contributed by atoms with Gasteiger partial charge in [0.05, 0.1) is 23.6 Å². The number of halogens is 1. The third-order valence-electron chi connectivity index (χ3n) is 3.86. The number of rotatable bonds is 5. The first-order chi connectivity index (χ1) is 12.4. The van der Waals surface area contributed by atoms with E-state index in [-0.39, 0.29) is 29.2 Å². The van der Waals surface area contributed by atoms with E-state index >= 15 is 0 Å². The second-order valence-electron chi connectivity index (χ2n) is 5.81. The van der Waals surface area contributed by atoms with E-state index in [1.54, 1.807) is 18.2 Å². The van der Waals surface area contributed by atoms with Gasteiger partial charge in [0.25, 0.3) is 5.91 Å². The van der Waals surface area contributed by atoms with Crippen molar-refractivity contribution in [2.24, 2.45) is 0 Å². The molecule has 1 aromatic carbocycles. The van der Waals surface area contributed by atoms with Crippen molar-refractivity contribution >= 4 is 39.0 Å². The van der Waals surface area contributed by atoms with Crippen molar-refractivity contribution in [1.82, 2.24) is 15.3 Å². The topological polar surface area (TPSA) is 110 Å². The Morgan fingerprint density at radius 2 is 2.15 bits per heavy atom. The number of hydrogen-bond donors (Lipinski definition) is 2. The van der Waals surface area contributed by atoms with Crippen LogP contribution in [0.1, 0.15) is 16.9 Å². The Balaban J connectivity index is 1.70. The van der Waals surface area contributed by atoms with Crippen molar-refractivity contribution in [3.8, 4) is 5.75 Å². The number of anilines is 2. The summed E-state index contributed by atoms with van der Waals surface area (Å²) < 4.78 is 28.1. The largest absolute Gasteiger partial charge is 0.495 e. The molecular weight excluding hydrogens is 380 g/mol. The molecular formula is C16H17ClN4O4S. The maximum atomic E-state index is 12.3. The number of sulfone groups is 1. The van der Waals surface area contributed by atoms with Crippen molar-refractivity contribution in [3.63, 3.8) is 0 Å². The first-order valence-corrected chi connectivity index (χ1v) is 10.0. The van der Waals surface area contributed by atoms with Gasteiger partial charge >= 0.3 is 0 Å². The second-order valence-corrected chi connectivity index (χ2v) is 8.45. The molecule has 3 rings (SSSR count). The van der Waals surface area contributed by atoms with Gasteiger partial charge in [0.1, 0.15) is 11.4 Å². The highest BCUT2D eigenvalue weighted by molar-refractivity contribution is 7.91. The number of benzene rings is 1. The van der Waals surface area contributed by atoms with Crippen LogP contribution < -0.4 is 15.4 Å². The molecule has 0 radical (unpaired) electrons. The molecule has 1 aliphatic rings. The van der Waals surface area contributed by atoms with Gasteiger partial charge < -0.3 is 15.4 Å². The quantitative estimate of drug-likeness (QED) is 0.792. The highest BCUT2D eigenvalue weighted by Gasteiger charge is 2.29. The van der Waals surface area contributed by atoms with Crippen LogP contribution in [0.4, 0.5) is 11.6 Å². The van der Waals surface area contributed by atoms with Crippen LogP contribution in [0.25, 0.3) is 0 Å². The fourth-order valence-corrected chi connectivity index (χ4v) is 4.52. The molecule has 1 amide bonds. The Labute approximate surface area is 155 Å². The molecule has 8 nitrogen and oxygen atoms in total. The lowest BCUT2D eigenvalue weighted by atomic mass is 10.2. The maximum absolute atomic E-state index is 12.3. The van der Waals surface area contributed by atoms with E-state index in [0.29, 0.717) is 22.9 Å². The van der Waals surface area contributed by atoms with Crippen LogP contribution in [-0.2, 0) is 9.84 Å². The summed E-state index contributed by atoms with van der Waals surface area (Å²) in [5, 5.41) is 6.08. The SMILES string of the molecule is COc1ccc(Nc2nccc(C(=O)NC3CCS(=O)(=O)C3)n2)cc1Cl. The van der Waals surface area contributed by atoms with Crippen molar-refractivity contribution < 1.29 is 17.9 Å². The van der Waals surface area contributed by atoms with Crippen LogP contribution in [0.2, 0.25) is 5.02 Å². The molecule has 1 aromatic heterocycles. The minimum absolute atomic E-state index is 0.0424.